The summed E-state index contributed by atoms with van der Waals surface area (Å²) in [4.78, 5) is 15.9. The van der Waals surface area contributed by atoms with Crippen LogP contribution in [-0.2, 0) is 0 Å². The molecule has 2 fully saturated rings. The Morgan fingerprint density at radius 2 is 2.00 bits per heavy atom. The number of nitrogens with one attached hydrogen (secondary N) is 2. The molecule has 34 heavy (non-hydrogen) atoms. The first-order valence-corrected chi connectivity index (χ1v) is 12.2. The van der Waals surface area contributed by atoms with Crippen LogP contribution in [0.5, 0.6) is 5.75 Å². The molecule has 2 saturated carbocycles. The average Bonchev–Trinajstić information content (AvgIpc) is 3.50. The smallest absolute Gasteiger partial charge is 0.335 e. The van der Waals surface area contributed by atoms with Gasteiger partial charge in [-0.2, -0.15) is 0 Å². The lowest BCUT2D eigenvalue weighted by molar-refractivity contribution is 0.0696. The van der Waals surface area contributed by atoms with Crippen molar-refractivity contribution in [2.75, 3.05) is 23.8 Å². The number of aromatic nitrogens is 1. The summed E-state index contributed by atoms with van der Waals surface area (Å²) in [5.41, 5.74) is 3.94. The Labute approximate surface area is 199 Å². The molecule has 0 amide bonds. The van der Waals surface area contributed by atoms with Crippen LogP contribution in [0.4, 0.5) is 11.5 Å². The predicted molar refractivity (Wildman–Crippen MR) is 131 cm³/mol. The van der Waals surface area contributed by atoms with Gasteiger partial charge in [-0.1, -0.05) is 18.2 Å². The maximum atomic E-state index is 11.6. The summed E-state index contributed by atoms with van der Waals surface area (Å²) in [6, 6.07) is 19.8. The second-order valence-electron chi connectivity index (χ2n) is 9.73. The number of rotatable bonds is 7. The van der Waals surface area contributed by atoms with Gasteiger partial charge in [-0.25, -0.2) is 9.78 Å². The fraction of sp³-hybridized carbons (Fsp3) is 0.357. The number of anilines is 2. The summed E-state index contributed by atoms with van der Waals surface area (Å²) in [5, 5.41) is 16.6. The minimum absolute atomic E-state index is 0.140. The van der Waals surface area contributed by atoms with Crippen molar-refractivity contribution in [2.24, 2.45) is 17.8 Å². The van der Waals surface area contributed by atoms with E-state index in [1.807, 2.05) is 36.4 Å². The van der Waals surface area contributed by atoms with Crippen LogP contribution in [0.15, 0.2) is 66.9 Å². The van der Waals surface area contributed by atoms with Crippen LogP contribution in [-0.4, -0.2) is 29.2 Å². The predicted octanol–water partition coefficient (Wildman–Crippen LogP) is 5.57. The Bertz CT molecular complexity index is 1200. The minimum Gasteiger partial charge on any atom is -0.492 e. The highest BCUT2D eigenvalue weighted by molar-refractivity contribution is 5.87. The van der Waals surface area contributed by atoms with Gasteiger partial charge >= 0.3 is 5.97 Å². The van der Waals surface area contributed by atoms with Crippen LogP contribution in [0.1, 0.15) is 52.7 Å². The van der Waals surface area contributed by atoms with E-state index >= 15 is 0 Å². The molecule has 0 radical (unpaired) electrons. The zero-order chi connectivity index (χ0) is 23.1. The highest BCUT2D eigenvalue weighted by atomic mass is 16.5. The molecule has 6 heteroatoms. The van der Waals surface area contributed by atoms with Crippen molar-refractivity contribution in [1.29, 1.82) is 0 Å². The van der Waals surface area contributed by atoms with Gasteiger partial charge in [0, 0.05) is 11.9 Å². The fourth-order valence-electron chi connectivity index (χ4n) is 6.56. The highest BCUT2D eigenvalue weighted by Crippen LogP contribution is 2.63. The molecule has 2 heterocycles. The summed E-state index contributed by atoms with van der Waals surface area (Å²) in [6.07, 6.45) is 5.60. The van der Waals surface area contributed by atoms with E-state index in [0.717, 1.165) is 22.8 Å². The molecule has 1 aromatic heterocycles. The van der Waals surface area contributed by atoms with E-state index in [1.165, 1.54) is 24.8 Å². The summed E-state index contributed by atoms with van der Waals surface area (Å²) in [6.45, 7) is 1.25. The molecule has 2 bridgehead atoms. The normalized spacial score (nSPS) is 26.3. The highest BCUT2D eigenvalue weighted by Gasteiger charge is 2.53. The Hall–Kier alpha value is -3.54. The number of ether oxygens (including phenoxy) is 1. The first-order valence-electron chi connectivity index (χ1n) is 12.2. The lowest BCUT2D eigenvalue weighted by atomic mass is 9.68. The lowest BCUT2D eigenvalue weighted by Gasteiger charge is -2.43. The van der Waals surface area contributed by atoms with E-state index < -0.39 is 5.97 Å². The van der Waals surface area contributed by atoms with Gasteiger partial charge in [-0.15, -0.1) is 0 Å². The second-order valence-corrected chi connectivity index (χ2v) is 9.73. The van der Waals surface area contributed by atoms with Crippen LogP contribution in [0, 0.1) is 17.8 Å². The van der Waals surface area contributed by atoms with Crippen molar-refractivity contribution in [3.63, 3.8) is 0 Å². The molecular weight excluding hydrogens is 426 g/mol. The Morgan fingerprint density at radius 1 is 1.09 bits per heavy atom. The van der Waals surface area contributed by atoms with E-state index in [1.54, 1.807) is 12.3 Å². The molecule has 5 unspecified atom stereocenters. The SMILES string of the molecule is O=C(O)c1cccc(C2Nc3ccc(OCCNc4ccccn4)cc3C3C4CCC(C4)C23)c1. The fourth-order valence-corrected chi connectivity index (χ4v) is 6.56. The molecule has 6 rings (SSSR count). The van der Waals surface area contributed by atoms with E-state index in [9.17, 15) is 9.90 Å². The van der Waals surface area contributed by atoms with E-state index in [0.29, 0.717) is 42.4 Å². The van der Waals surface area contributed by atoms with Crippen LogP contribution < -0.4 is 15.4 Å². The van der Waals surface area contributed by atoms with Crippen molar-refractivity contribution in [3.8, 4) is 5.75 Å². The quantitative estimate of drug-likeness (QED) is 0.404. The van der Waals surface area contributed by atoms with Crippen LogP contribution in [0.25, 0.3) is 0 Å². The van der Waals surface area contributed by atoms with Gasteiger partial charge in [-0.3, -0.25) is 0 Å². The van der Waals surface area contributed by atoms with Crippen LogP contribution >= 0.6 is 0 Å². The summed E-state index contributed by atoms with van der Waals surface area (Å²) < 4.78 is 6.09. The van der Waals surface area contributed by atoms with Gasteiger partial charge in [0.05, 0.1) is 18.2 Å². The first-order chi connectivity index (χ1) is 16.7. The molecule has 2 aromatic carbocycles. The van der Waals surface area contributed by atoms with Crippen molar-refractivity contribution in [1.82, 2.24) is 4.98 Å². The molecule has 174 valence electrons. The van der Waals surface area contributed by atoms with Gasteiger partial charge < -0.3 is 20.5 Å². The third kappa shape index (κ3) is 3.77. The zero-order valence-electron chi connectivity index (χ0n) is 19.0. The monoisotopic (exact) mass is 455 g/mol. The summed E-state index contributed by atoms with van der Waals surface area (Å²) in [7, 11) is 0. The molecule has 3 N–H and O–H groups in total. The zero-order valence-corrected chi connectivity index (χ0v) is 19.0. The van der Waals surface area contributed by atoms with E-state index in [-0.39, 0.29) is 6.04 Å². The van der Waals surface area contributed by atoms with Crippen molar-refractivity contribution < 1.29 is 14.6 Å². The Morgan fingerprint density at radius 3 is 2.85 bits per heavy atom. The standard InChI is InChI=1S/C28H29N3O3/c32-28(33)20-5-3-4-19(15-20)27-26-18-8-7-17(14-18)25(26)22-16-21(9-10-23(22)31-27)34-13-12-30-24-6-1-2-11-29-24/h1-6,9-11,15-18,25-27,31H,7-8,12-14H2,(H,29,30)(H,32,33). The second kappa shape index (κ2) is 8.67. The number of nitrogens with zero attached hydrogens (tertiary/aromatic N) is 1. The number of benzene rings is 2. The third-order valence-corrected chi connectivity index (χ3v) is 7.89. The number of fused-ring (bicyclic) bond motifs is 7. The molecular formula is C28H29N3O3. The van der Waals surface area contributed by atoms with E-state index in [4.69, 9.17) is 4.74 Å². The van der Waals surface area contributed by atoms with Crippen molar-refractivity contribution in [2.45, 2.75) is 31.2 Å². The molecule has 1 aliphatic heterocycles. The number of hydrogen-bond acceptors (Lipinski definition) is 5. The molecule has 5 atom stereocenters. The summed E-state index contributed by atoms with van der Waals surface area (Å²) in [5.74, 6) is 3.23. The average molecular weight is 456 g/mol. The first kappa shape index (κ1) is 21.0. The topological polar surface area (TPSA) is 83.5 Å². The number of pyridine rings is 1. The molecule has 3 aliphatic rings. The molecule has 0 saturated heterocycles. The van der Waals surface area contributed by atoms with Crippen molar-refractivity contribution >= 4 is 17.5 Å². The number of aromatic carboxylic acids is 1. The Balaban J connectivity index is 1.23. The van der Waals surface area contributed by atoms with E-state index in [2.05, 4.69) is 33.8 Å². The van der Waals surface area contributed by atoms with Gasteiger partial charge in [0.15, 0.2) is 0 Å². The largest absolute Gasteiger partial charge is 0.492 e. The molecule has 2 aliphatic carbocycles. The Kier molecular flexibility index (Phi) is 5.36. The third-order valence-electron chi connectivity index (χ3n) is 7.89. The van der Waals surface area contributed by atoms with Gasteiger partial charge in [0.1, 0.15) is 18.2 Å². The van der Waals surface area contributed by atoms with Crippen molar-refractivity contribution in [3.05, 3.63) is 83.6 Å². The van der Waals surface area contributed by atoms with Gasteiger partial charge in [0.2, 0.25) is 0 Å². The van der Waals surface area contributed by atoms with Crippen LogP contribution in [0.3, 0.4) is 0 Å². The number of hydrogen-bond donors (Lipinski definition) is 3. The lowest BCUT2D eigenvalue weighted by Crippen LogP contribution is -2.35. The number of carbonyl (C=O) groups is 1. The minimum atomic E-state index is -0.873. The van der Waals surface area contributed by atoms with Gasteiger partial charge in [0.25, 0.3) is 0 Å². The number of carboxylic acids is 1. The van der Waals surface area contributed by atoms with Crippen LogP contribution in [0.2, 0.25) is 0 Å². The maximum Gasteiger partial charge on any atom is 0.335 e. The molecule has 3 aromatic rings. The summed E-state index contributed by atoms with van der Waals surface area (Å²) >= 11 is 0. The maximum absolute atomic E-state index is 11.6. The number of carboxylic acid groups (broad SMARTS) is 1. The van der Waals surface area contributed by atoms with Gasteiger partial charge in [-0.05, 0) is 96.5 Å². The molecule has 6 nitrogen and oxygen atoms in total. The molecule has 0 spiro atoms.